The summed E-state index contributed by atoms with van der Waals surface area (Å²) in [5.41, 5.74) is 0.309. The number of hydrogen-bond donors (Lipinski definition) is 4. The Bertz CT molecular complexity index is 948. The summed E-state index contributed by atoms with van der Waals surface area (Å²) in [6.07, 6.45) is 0. The normalized spacial score (nSPS) is 12.9. The highest BCUT2D eigenvalue weighted by Gasteiger charge is 2.34. The Labute approximate surface area is 141 Å². The third kappa shape index (κ3) is 3.20. The van der Waals surface area contributed by atoms with E-state index in [2.05, 4.69) is 5.32 Å². The summed E-state index contributed by atoms with van der Waals surface area (Å²) in [4.78, 5) is 31.7. The first kappa shape index (κ1) is 16.7. The van der Waals surface area contributed by atoms with Crippen molar-refractivity contribution < 1.29 is 24.3 Å². The van der Waals surface area contributed by atoms with Crippen molar-refractivity contribution in [2.75, 3.05) is 0 Å². The van der Waals surface area contributed by atoms with Crippen LogP contribution in [0, 0.1) is 0 Å². The first-order valence-corrected chi connectivity index (χ1v) is 9.54. The molecular formula is C16H14NO5PS. The van der Waals surface area contributed by atoms with Crippen LogP contribution in [-0.2, 0) is 4.57 Å². The van der Waals surface area contributed by atoms with E-state index in [0.29, 0.717) is 10.9 Å². The quantitative estimate of drug-likeness (QED) is 0.533. The maximum atomic E-state index is 12.5. The van der Waals surface area contributed by atoms with Gasteiger partial charge in [0.25, 0.3) is 5.91 Å². The van der Waals surface area contributed by atoms with Crippen molar-refractivity contribution in [3.8, 4) is 5.75 Å². The second-order valence-electron chi connectivity index (χ2n) is 5.17. The summed E-state index contributed by atoms with van der Waals surface area (Å²) < 4.78 is 12.7. The van der Waals surface area contributed by atoms with Gasteiger partial charge >= 0.3 is 7.60 Å². The van der Waals surface area contributed by atoms with E-state index in [0.717, 1.165) is 4.70 Å². The third-order valence-corrected chi connectivity index (χ3v) is 5.60. The summed E-state index contributed by atoms with van der Waals surface area (Å²) in [6, 6.07) is 13.0. The zero-order chi connectivity index (χ0) is 17.3. The van der Waals surface area contributed by atoms with Crippen molar-refractivity contribution in [3.63, 3.8) is 0 Å². The Morgan fingerprint density at radius 2 is 1.75 bits per heavy atom. The lowest BCUT2D eigenvalue weighted by Gasteiger charge is -2.21. The molecule has 6 nitrogen and oxygen atoms in total. The molecule has 0 bridgehead atoms. The Morgan fingerprint density at radius 3 is 2.46 bits per heavy atom. The topological polar surface area (TPSA) is 107 Å². The minimum absolute atomic E-state index is 0.0290. The van der Waals surface area contributed by atoms with Gasteiger partial charge in [-0.05, 0) is 12.1 Å². The maximum Gasteiger partial charge on any atom is 0.352 e. The van der Waals surface area contributed by atoms with Gasteiger partial charge in [0.05, 0.1) is 5.56 Å². The highest BCUT2D eigenvalue weighted by atomic mass is 32.1. The van der Waals surface area contributed by atoms with Gasteiger partial charge in [0.2, 0.25) is 0 Å². The lowest BCUT2D eigenvalue weighted by molar-refractivity contribution is 0.0944. The molecule has 3 rings (SSSR count). The zero-order valence-corrected chi connectivity index (χ0v) is 14.0. The number of carbonyl (C=O) groups excluding carboxylic acids is 1. The number of nitrogens with one attached hydrogen (secondary N) is 1. The summed E-state index contributed by atoms with van der Waals surface area (Å²) in [5, 5.41) is 14.6. The molecule has 0 radical (unpaired) electrons. The molecule has 0 saturated carbocycles. The van der Waals surface area contributed by atoms with Crippen molar-refractivity contribution in [1.29, 1.82) is 0 Å². The molecule has 0 fully saturated rings. The first-order valence-electron chi connectivity index (χ1n) is 6.98. The number of phenols is 1. The fraction of sp³-hybridized carbons (Fsp3) is 0.0625. The number of carbonyl (C=O) groups is 1. The van der Waals surface area contributed by atoms with Gasteiger partial charge in [-0.3, -0.25) is 9.36 Å². The fourth-order valence-electron chi connectivity index (χ4n) is 2.42. The fourth-order valence-corrected chi connectivity index (χ4v) is 4.22. The number of thiophene rings is 1. The van der Waals surface area contributed by atoms with Gasteiger partial charge in [-0.2, -0.15) is 0 Å². The molecule has 0 aliphatic heterocycles. The molecule has 2 aromatic carbocycles. The molecule has 124 valence electrons. The van der Waals surface area contributed by atoms with Crippen LogP contribution in [0.2, 0.25) is 0 Å². The highest BCUT2D eigenvalue weighted by Crippen LogP contribution is 2.52. The van der Waals surface area contributed by atoms with Gasteiger partial charge in [-0.1, -0.05) is 36.4 Å². The summed E-state index contributed by atoms with van der Waals surface area (Å²) in [6.45, 7) is 0. The molecule has 3 aromatic rings. The van der Waals surface area contributed by atoms with Crippen molar-refractivity contribution in [1.82, 2.24) is 5.32 Å². The average molecular weight is 363 g/mol. The second kappa shape index (κ2) is 6.37. The molecule has 0 aliphatic carbocycles. The molecule has 24 heavy (non-hydrogen) atoms. The number of phenolic OH excluding ortho intramolecular Hbond substituents is 1. The lowest BCUT2D eigenvalue weighted by Crippen LogP contribution is -2.28. The first-order chi connectivity index (χ1) is 11.4. The van der Waals surface area contributed by atoms with Crippen LogP contribution in [-0.4, -0.2) is 20.8 Å². The maximum absolute atomic E-state index is 12.5. The largest absolute Gasteiger partial charge is 0.508 e. The summed E-state index contributed by atoms with van der Waals surface area (Å²) >= 11 is 1.37. The second-order valence-corrected chi connectivity index (χ2v) is 7.78. The van der Waals surface area contributed by atoms with E-state index >= 15 is 0 Å². The van der Waals surface area contributed by atoms with Crippen molar-refractivity contribution in [3.05, 3.63) is 65.0 Å². The minimum Gasteiger partial charge on any atom is -0.508 e. The van der Waals surface area contributed by atoms with Crippen molar-refractivity contribution in [2.24, 2.45) is 0 Å². The van der Waals surface area contributed by atoms with Gasteiger partial charge in [0.15, 0.2) is 5.78 Å². The molecular weight excluding hydrogens is 349 g/mol. The molecule has 1 aromatic heterocycles. The van der Waals surface area contributed by atoms with Crippen molar-refractivity contribution in [2.45, 2.75) is 5.78 Å². The average Bonchev–Trinajstić information content (AvgIpc) is 2.96. The number of benzene rings is 2. The number of fused-ring (bicyclic) bond motifs is 1. The SMILES string of the molecule is O=C(N[C@@H](c1ccccc1O)P(=O)(O)O)c1csc2ccccc12. The van der Waals surface area contributed by atoms with E-state index in [1.54, 1.807) is 17.5 Å². The standard InChI is InChI=1S/C16H14NO5PS/c18-13-7-3-1-6-11(13)16(23(20,21)22)17-15(19)12-9-24-14-8-4-2-5-10(12)14/h1-9,16,18H,(H,17,19)(H2,20,21,22)/t16-/m1/s1. The molecule has 1 atom stereocenters. The summed E-state index contributed by atoms with van der Waals surface area (Å²) in [5.74, 6) is -2.52. The van der Waals surface area contributed by atoms with E-state index in [-0.39, 0.29) is 11.3 Å². The van der Waals surface area contributed by atoms with Crippen molar-refractivity contribution >= 4 is 34.9 Å². The lowest BCUT2D eigenvalue weighted by atomic mass is 10.1. The Hall–Kier alpha value is -2.18. The smallest absolute Gasteiger partial charge is 0.352 e. The van der Waals surface area contributed by atoms with Crippen LogP contribution < -0.4 is 5.32 Å². The van der Waals surface area contributed by atoms with E-state index in [1.165, 1.54) is 35.6 Å². The summed E-state index contributed by atoms with van der Waals surface area (Å²) in [7, 11) is -4.73. The number of rotatable bonds is 4. The monoisotopic (exact) mass is 363 g/mol. The van der Waals surface area contributed by atoms with Crippen LogP contribution in [0.4, 0.5) is 0 Å². The minimum atomic E-state index is -4.73. The van der Waals surface area contributed by atoms with Crippen LogP contribution in [0.5, 0.6) is 5.75 Å². The van der Waals surface area contributed by atoms with Gasteiger partial charge in [0.1, 0.15) is 5.75 Å². The van der Waals surface area contributed by atoms with E-state index in [4.69, 9.17) is 0 Å². The predicted octanol–water partition coefficient (Wildman–Crippen LogP) is 3.21. The molecule has 1 heterocycles. The number of amides is 1. The molecule has 0 aliphatic rings. The third-order valence-electron chi connectivity index (χ3n) is 3.56. The van der Waals surface area contributed by atoms with E-state index in [9.17, 15) is 24.3 Å². The zero-order valence-electron chi connectivity index (χ0n) is 12.3. The predicted molar refractivity (Wildman–Crippen MR) is 92.2 cm³/mol. The Balaban J connectivity index is 1.98. The number of aromatic hydroxyl groups is 1. The van der Waals surface area contributed by atoms with Gasteiger partial charge in [0, 0.05) is 21.0 Å². The van der Waals surface area contributed by atoms with Crippen LogP contribution >= 0.6 is 18.9 Å². The molecule has 0 unspecified atom stereocenters. The molecule has 1 amide bonds. The van der Waals surface area contributed by atoms with Crippen LogP contribution in [0.3, 0.4) is 0 Å². The van der Waals surface area contributed by atoms with Gasteiger partial charge in [-0.25, -0.2) is 0 Å². The number of hydrogen-bond acceptors (Lipinski definition) is 4. The molecule has 4 N–H and O–H groups in total. The van der Waals surface area contributed by atoms with Crippen LogP contribution in [0.1, 0.15) is 21.7 Å². The van der Waals surface area contributed by atoms with Gasteiger partial charge < -0.3 is 20.2 Å². The van der Waals surface area contributed by atoms with E-state index < -0.39 is 19.3 Å². The van der Waals surface area contributed by atoms with Gasteiger partial charge in [-0.15, -0.1) is 11.3 Å². The Morgan fingerprint density at radius 1 is 1.08 bits per heavy atom. The number of para-hydroxylation sites is 1. The van der Waals surface area contributed by atoms with Crippen LogP contribution in [0.25, 0.3) is 10.1 Å². The van der Waals surface area contributed by atoms with E-state index in [1.807, 2.05) is 12.1 Å². The Kier molecular flexibility index (Phi) is 4.43. The highest BCUT2D eigenvalue weighted by molar-refractivity contribution is 7.52. The molecule has 0 spiro atoms. The molecule has 8 heteroatoms. The molecule has 0 saturated heterocycles. The van der Waals surface area contributed by atoms with Crippen LogP contribution in [0.15, 0.2) is 53.9 Å².